The molecule has 10 heteroatoms. The quantitative estimate of drug-likeness (QED) is 0.451. The molecule has 2 heterocycles. The molecule has 0 atom stereocenters. The molecule has 0 unspecified atom stereocenters. The van der Waals surface area contributed by atoms with E-state index >= 15 is 0 Å². The Morgan fingerprint density at radius 2 is 1.97 bits per heavy atom. The van der Waals surface area contributed by atoms with Crippen LogP contribution in [0.3, 0.4) is 0 Å². The largest absolute Gasteiger partial charge is 0.320 e. The molecule has 0 saturated carbocycles. The molecule has 1 aliphatic heterocycles. The summed E-state index contributed by atoms with van der Waals surface area (Å²) in [5.41, 5.74) is 1.18. The second-order valence-corrected chi connectivity index (χ2v) is 7.18. The number of piperazine rings is 1. The molecule has 1 N–H and O–H groups in total. The van der Waals surface area contributed by atoms with Gasteiger partial charge in [-0.05, 0) is 11.6 Å². The molecule has 0 aliphatic carbocycles. The van der Waals surface area contributed by atoms with Crippen molar-refractivity contribution in [1.82, 2.24) is 19.9 Å². The molecule has 1 aromatic heterocycles. The molecule has 1 aromatic carbocycles. The lowest BCUT2D eigenvalue weighted by Crippen LogP contribution is -2.51. The molecule has 3 rings (SSSR count). The van der Waals surface area contributed by atoms with Crippen LogP contribution >= 0.6 is 0 Å². The van der Waals surface area contributed by atoms with Crippen LogP contribution in [0, 0.1) is 10.1 Å². The highest BCUT2D eigenvalue weighted by atomic mass is 16.7. The van der Waals surface area contributed by atoms with Gasteiger partial charge in [-0.1, -0.05) is 48.9 Å². The lowest BCUT2D eigenvalue weighted by molar-refractivity contribution is -0.545. The van der Waals surface area contributed by atoms with Crippen LogP contribution in [0.25, 0.3) is 6.08 Å². The lowest BCUT2D eigenvalue weighted by Gasteiger charge is -2.25. The van der Waals surface area contributed by atoms with Crippen LogP contribution in [0.5, 0.6) is 0 Å². The zero-order valence-electron chi connectivity index (χ0n) is 16.8. The van der Waals surface area contributed by atoms with Crippen LogP contribution < -0.4 is 5.32 Å². The van der Waals surface area contributed by atoms with E-state index in [0.29, 0.717) is 5.69 Å². The number of hydrogen-bond donors (Lipinski definition) is 1. The fourth-order valence-corrected chi connectivity index (χ4v) is 3.31. The first-order chi connectivity index (χ1) is 14.2. The molecular formula is C20H21N5O5. The summed E-state index contributed by atoms with van der Waals surface area (Å²) in [7, 11) is 0. The van der Waals surface area contributed by atoms with E-state index in [2.05, 4.69) is 10.3 Å². The van der Waals surface area contributed by atoms with Gasteiger partial charge in [0, 0.05) is 19.3 Å². The number of nitro groups is 1. The van der Waals surface area contributed by atoms with Gasteiger partial charge in [-0.3, -0.25) is 19.3 Å². The van der Waals surface area contributed by atoms with Crippen molar-refractivity contribution >= 4 is 23.8 Å². The van der Waals surface area contributed by atoms with Gasteiger partial charge in [0.05, 0.1) is 5.69 Å². The molecule has 0 radical (unpaired) electrons. The average Bonchev–Trinajstić information content (AvgIpc) is 3.03. The van der Waals surface area contributed by atoms with Gasteiger partial charge in [0.1, 0.15) is 17.9 Å². The summed E-state index contributed by atoms with van der Waals surface area (Å²) >= 11 is 0. The number of nitrogens with one attached hydrogen (secondary N) is 1. The van der Waals surface area contributed by atoms with Crippen molar-refractivity contribution in [2.45, 2.75) is 33.1 Å². The standard InChI is InChI=1S/C20H21N5O5/c1-12(2)19-15(10-16-20(28)23(13(3)26)11-18(27)22-16)21-17(24(19)25(29)30)9-14-7-5-4-6-8-14/h4-8,10,12H,9,11H2,1-3H3,(H,22,27). The number of imidazole rings is 1. The van der Waals surface area contributed by atoms with Crippen LogP contribution in [0.1, 0.15) is 49.5 Å². The van der Waals surface area contributed by atoms with Gasteiger partial charge >= 0.3 is 0 Å². The fourth-order valence-electron chi connectivity index (χ4n) is 3.31. The van der Waals surface area contributed by atoms with Crippen LogP contribution in [0.15, 0.2) is 36.0 Å². The number of rotatable bonds is 5. The first-order valence-corrected chi connectivity index (χ1v) is 9.33. The van der Waals surface area contributed by atoms with Crippen molar-refractivity contribution in [1.29, 1.82) is 0 Å². The summed E-state index contributed by atoms with van der Waals surface area (Å²) in [5, 5.41) is 13.7. The molecule has 156 valence electrons. The number of imide groups is 1. The fraction of sp³-hybridized carbons (Fsp3) is 0.300. The summed E-state index contributed by atoms with van der Waals surface area (Å²) in [6, 6.07) is 9.17. The van der Waals surface area contributed by atoms with Gasteiger partial charge in [-0.25, -0.2) is 15.1 Å². The number of aromatic nitrogens is 2. The normalized spacial score (nSPS) is 15.6. The molecule has 2 aromatic rings. The van der Waals surface area contributed by atoms with Gasteiger partial charge in [0.25, 0.3) is 5.91 Å². The third kappa shape index (κ3) is 4.12. The van der Waals surface area contributed by atoms with E-state index in [9.17, 15) is 24.5 Å². The van der Waals surface area contributed by atoms with Crippen molar-refractivity contribution in [3.63, 3.8) is 0 Å². The number of carbonyl (C=O) groups is 3. The average molecular weight is 411 g/mol. The Hall–Kier alpha value is -3.82. The molecule has 10 nitrogen and oxygen atoms in total. The van der Waals surface area contributed by atoms with E-state index in [4.69, 9.17) is 0 Å². The minimum Gasteiger partial charge on any atom is -0.320 e. The van der Waals surface area contributed by atoms with Crippen LogP contribution in [-0.2, 0) is 20.8 Å². The second kappa shape index (κ2) is 8.27. The summed E-state index contributed by atoms with van der Waals surface area (Å²) < 4.78 is 0.919. The smallest absolute Gasteiger partial charge is 0.277 e. The summed E-state index contributed by atoms with van der Waals surface area (Å²) in [5.74, 6) is -1.87. The predicted molar refractivity (Wildman–Crippen MR) is 106 cm³/mol. The monoisotopic (exact) mass is 411 g/mol. The van der Waals surface area contributed by atoms with E-state index in [1.807, 2.05) is 30.3 Å². The molecule has 0 spiro atoms. The first-order valence-electron chi connectivity index (χ1n) is 9.33. The number of hydrogen-bond acceptors (Lipinski definition) is 6. The zero-order chi connectivity index (χ0) is 22.0. The Morgan fingerprint density at radius 1 is 1.30 bits per heavy atom. The van der Waals surface area contributed by atoms with Crippen LogP contribution in [-0.4, -0.2) is 43.9 Å². The highest BCUT2D eigenvalue weighted by molar-refractivity contribution is 6.12. The number of carbonyl (C=O) groups excluding carboxylic acids is 3. The van der Waals surface area contributed by atoms with E-state index < -0.39 is 22.8 Å². The van der Waals surface area contributed by atoms with Crippen LogP contribution in [0.4, 0.5) is 0 Å². The van der Waals surface area contributed by atoms with Gasteiger partial charge in [-0.2, -0.15) is 0 Å². The van der Waals surface area contributed by atoms with Crippen molar-refractivity contribution in [3.05, 3.63) is 68.9 Å². The minimum atomic E-state index is -0.683. The maximum atomic E-state index is 12.6. The van der Waals surface area contributed by atoms with Gasteiger partial charge < -0.3 is 5.32 Å². The molecule has 1 aliphatic rings. The van der Waals surface area contributed by atoms with Gasteiger partial charge in [0.2, 0.25) is 11.8 Å². The summed E-state index contributed by atoms with van der Waals surface area (Å²) in [4.78, 5) is 53.2. The Labute approximate surface area is 172 Å². The van der Waals surface area contributed by atoms with Crippen molar-refractivity contribution in [2.24, 2.45) is 0 Å². The van der Waals surface area contributed by atoms with E-state index in [1.165, 1.54) is 13.0 Å². The van der Waals surface area contributed by atoms with Gasteiger partial charge in [-0.15, -0.1) is 0 Å². The van der Waals surface area contributed by atoms with Crippen LogP contribution in [0.2, 0.25) is 0 Å². The predicted octanol–water partition coefficient (Wildman–Crippen LogP) is 1.48. The van der Waals surface area contributed by atoms with Crippen molar-refractivity contribution < 1.29 is 19.4 Å². The van der Waals surface area contributed by atoms with E-state index in [-0.39, 0.29) is 36.1 Å². The van der Waals surface area contributed by atoms with Crippen molar-refractivity contribution in [2.75, 3.05) is 6.54 Å². The number of nitrogens with zero attached hydrogens (tertiary/aromatic N) is 4. The zero-order valence-corrected chi connectivity index (χ0v) is 16.8. The number of amides is 3. The maximum absolute atomic E-state index is 12.6. The Bertz CT molecular complexity index is 1060. The Kier molecular flexibility index (Phi) is 5.77. The molecule has 0 bridgehead atoms. The minimum absolute atomic E-state index is 0.150. The summed E-state index contributed by atoms with van der Waals surface area (Å²) in [6.07, 6.45) is 1.50. The molecule has 30 heavy (non-hydrogen) atoms. The first kappa shape index (κ1) is 20.9. The number of benzene rings is 1. The molecule has 3 amide bonds. The SMILES string of the molecule is CC(=O)N1CC(=O)NC(=Cc2nc(Cc3ccccc3)n([N+](=O)[O-])c2C(C)C)C1=O. The Morgan fingerprint density at radius 3 is 2.53 bits per heavy atom. The van der Waals surface area contributed by atoms with Crippen molar-refractivity contribution in [3.8, 4) is 0 Å². The maximum Gasteiger partial charge on any atom is 0.277 e. The third-order valence-electron chi connectivity index (χ3n) is 4.61. The highest BCUT2D eigenvalue weighted by Gasteiger charge is 2.32. The topological polar surface area (TPSA) is 127 Å². The Balaban J connectivity index is 2.12. The van der Waals surface area contributed by atoms with E-state index in [1.54, 1.807) is 13.8 Å². The second-order valence-electron chi connectivity index (χ2n) is 7.18. The third-order valence-corrected chi connectivity index (χ3v) is 4.61. The molecule has 1 fully saturated rings. The van der Waals surface area contributed by atoms with E-state index in [0.717, 1.165) is 15.1 Å². The highest BCUT2D eigenvalue weighted by Crippen LogP contribution is 2.25. The lowest BCUT2D eigenvalue weighted by atomic mass is 10.1. The summed E-state index contributed by atoms with van der Waals surface area (Å²) in [6.45, 7) is 4.36. The van der Waals surface area contributed by atoms with Gasteiger partial charge in [0.15, 0.2) is 10.9 Å². The molecular weight excluding hydrogens is 390 g/mol. The molecule has 1 saturated heterocycles.